The molecule has 0 aliphatic heterocycles. The second kappa shape index (κ2) is 5.77. The summed E-state index contributed by atoms with van der Waals surface area (Å²) in [4.78, 5) is 0. The van der Waals surface area contributed by atoms with E-state index in [9.17, 15) is 0 Å². The van der Waals surface area contributed by atoms with Crippen LogP contribution in [-0.4, -0.2) is 6.54 Å². The molecule has 0 saturated carbocycles. The third kappa shape index (κ3) is 3.03. The Morgan fingerprint density at radius 3 is 2.94 bits per heavy atom. The highest BCUT2D eigenvalue weighted by Gasteiger charge is 2.04. The standard InChI is InChI=1S/C14H14ClNO/c15-13-8-5-6-11-10-12(17-14(11)13)7-3-1-2-4-9-16/h5-6,8,10H,1-2,4,9,16H2. The van der Waals surface area contributed by atoms with Gasteiger partial charge in [-0.1, -0.05) is 29.7 Å². The van der Waals surface area contributed by atoms with E-state index in [1.54, 1.807) is 0 Å². The van der Waals surface area contributed by atoms with Crippen molar-refractivity contribution in [2.45, 2.75) is 19.3 Å². The fourth-order valence-electron chi connectivity index (χ4n) is 1.60. The minimum atomic E-state index is 0.624. The Balaban J connectivity index is 2.12. The number of hydrogen-bond donors (Lipinski definition) is 1. The van der Waals surface area contributed by atoms with Crippen LogP contribution in [-0.2, 0) is 0 Å². The van der Waals surface area contributed by atoms with Crippen LogP contribution in [0, 0.1) is 11.8 Å². The van der Waals surface area contributed by atoms with Gasteiger partial charge in [0.2, 0.25) is 0 Å². The average Bonchev–Trinajstić information content (AvgIpc) is 2.73. The number of halogens is 1. The predicted molar refractivity (Wildman–Crippen MR) is 71.0 cm³/mol. The summed E-state index contributed by atoms with van der Waals surface area (Å²) in [7, 11) is 0. The topological polar surface area (TPSA) is 39.2 Å². The number of fused-ring (bicyclic) bond motifs is 1. The molecule has 0 atom stereocenters. The summed E-state index contributed by atoms with van der Waals surface area (Å²) in [5.41, 5.74) is 6.12. The monoisotopic (exact) mass is 247 g/mol. The number of rotatable bonds is 3. The number of hydrogen-bond acceptors (Lipinski definition) is 2. The summed E-state index contributed by atoms with van der Waals surface area (Å²) in [5, 5.41) is 1.61. The molecule has 0 aliphatic rings. The third-order valence-corrected chi connectivity index (χ3v) is 2.76. The van der Waals surface area contributed by atoms with Gasteiger partial charge in [-0.3, -0.25) is 0 Å². The van der Waals surface area contributed by atoms with Gasteiger partial charge in [0.1, 0.15) is 0 Å². The van der Waals surface area contributed by atoms with E-state index in [1.165, 1.54) is 0 Å². The lowest BCUT2D eigenvalue weighted by Crippen LogP contribution is -1.96. The number of unbranched alkanes of at least 4 members (excludes halogenated alkanes) is 2. The lowest BCUT2D eigenvalue weighted by atomic mass is 10.2. The maximum absolute atomic E-state index is 6.02. The Labute approximate surface area is 106 Å². The fourth-order valence-corrected chi connectivity index (χ4v) is 1.82. The highest BCUT2D eigenvalue weighted by atomic mass is 35.5. The van der Waals surface area contributed by atoms with Gasteiger partial charge >= 0.3 is 0 Å². The Hall–Kier alpha value is -1.43. The molecule has 2 nitrogen and oxygen atoms in total. The maximum Gasteiger partial charge on any atom is 0.178 e. The van der Waals surface area contributed by atoms with E-state index < -0.39 is 0 Å². The van der Waals surface area contributed by atoms with Crippen molar-refractivity contribution in [3.05, 3.63) is 35.0 Å². The van der Waals surface area contributed by atoms with Crippen LogP contribution in [0.4, 0.5) is 0 Å². The maximum atomic E-state index is 6.02. The van der Waals surface area contributed by atoms with Crippen LogP contribution in [0.2, 0.25) is 5.02 Å². The molecule has 1 aromatic heterocycles. The Kier molecular flexibility index (Phi) is 4.08. The summed E-state index contributed by atoms with van der Waals surface area (Å²) < 4.78 is 5.58. The van der Waals surface area contributed by atoms with Crippen LogP contribution < -0.4 is 5.73 Å². The zero-order chi connectivity index (χ0) is 12.1. The van der Waals surface area contributed by atoms with Gasteiger partial charge in [0.05, 0.1) is 5.02 Å². The third-order valence-electron chi connectivity index (χ3n) is 2.46. The highest BCUT2D eigenvalue weighted by molar-refractivity contribution is 6.34. The second-order valence-electron chi connectivity index (χ2n) is 3.82. The smallest absolute Gasteiger partial charge is 0.178 e. The van der Waals surface area contributed by atoms with Crippen LogP contribution in [0.15, 0.2) is 28.7 Å². The SMILES string of the molecule is NCCCCC#Cc1cc2cccc(Cl)c2o1. The molecule has 1 heterocycles. The molecule has 3 heteroatoms. The molecular formula is C14H14ClNO. The normalized spacial score (nSPS) is 10.2. The number of benzene rings is 1. The molecule has 0 radical (unpaired) electrons. The summed E-state index contributed by atoms with van der Waals surface area (Å²) >= 11 is 6.02. The molecule has 0 aliphatic carbocycles. The lowest BCUT2D eigenvalue weighted by molar-refractivity contribution is 0.601. The van der Waals surface area contributed by atoms with Crippen molar-refractivity contribution in [1.82, 2.24) is 0 Å². The highest BCUT2D eigenvalue weighted by Crippen LogP contribution is 2.26. The molecule has 0 bridgehead atoms. The van der Waals surface area contributed by atoms with Crippen LogP contribution in [0.25, 0.3) is 11.0 Å². The molecule has 2 N–H and O–H groups in total. The first kappa shape index (κ1) is 12.0. The molecule has 88 valence electrons. The van der Waals surface area contributed by atoms with E-state index in [2.05, 4.69) is 11.8 Å². The van der Waals surface area contributed by atoms with Crippen LogP contribution >= 0.6 is 11.6 Å². The Bertz CT molecular complexity index is 562. The van der Waals surface area contributed by atoms with Gasteiger partial charge in [-0.25, -0.2) is 0 Å². The lowest BCUT2D eigenvalue weighted by Gasteiger charge is -1.89. The van der Waals surface area contributed by atoms with Gasteiger partial charge < -0.3 is 10.2 Å². The minimum Gasteiger partial charge on any atom is -0.446 e. The second-order valence-corrected chi connectivity index (χ2v) is 4.22. The summed E-state index contributed by atoms with van der Waals surface area (Å²) in [5.74, 6) is 6.75. The molecule has 0 amide bonds. The van der Waals surface area contributed by atoms with Crippen LogP contribution in [0.3, 0.4) is 0 Å². The zero-order valence-corrected chi connectivity index (χ0v) is 10.3. The van der Waals surface area contributed by atoms with Crippen molar-refractivity contribution < 1.29 is 4.42 Å². The number of furan rings is 1. The number of nitrogens with two attached hydrogens (primary N) is 1. The van der Waals surface area contributed by atoms with Gasteiger partial charge in [-0.15, -0.1) is 0 Å². The Morgan fingerprint density at radius 2 is 2.18 bits per heavy atom. The molecule has 0 spiro atoms. The first-order chi connectivity index (χ1) is 8.31. The van der Waals surface area contributed by atoms with E-state index in [4.69, 9.17) is 21.8 Å². The van der Waals surface area contributed by atoms with Crippen molar-refractivity contribution in [2.75, 3.05) is 6.54 Å². The zero-order valence-electron chi connectivity index (χ0n) is 9.50. The van der Waals surface area contributed by atoms with Crippen molar-refractivity contribution in [2.24, 2.45) is 5.73 Å². The molecule has 1 aromatic carbocycles. The van der Waals surface area contributed by atoms with Gasteiger partial charge in [0.15, 0.2) is 11.3 Å². The van der Waals surface area contributed by atoms with Gasteiger partial charge in [0.25, 0.3) is 0 Å². The summed E-state index contributed by atoms with van der Waals surface area (Å²) in [6.45, 7) is 0.724. The van der Waals surface area contributed by atoms with Gasteiger partial charge in [-0.2, -0.15) is 0 Å². The van der Waals surface area contributed by atoms with E-state index in [-0.39, 0.29) is 0 Å². The molecule has 17 heavy (non-hydrogen) atoms. The molecule has 2 rings (SSSR count). The first-order valence-corrected chi connectivity index (χ1v) is 6.06. The quantitative estimate of drug-likeness (QED) is 0.665. The fraction of sp³-hybridized carbons (Fsp3) is 0.286. The summed E-state index contributed by atoms with van der Waals surface area (Å²) in [6.07, 6.45) is 2.90. The van der Waals surface area contributed by atoms with E-state index in [0.29, 0.717) is 16.4 Å². The largest absolute Gasteiger partial charge is 0.446 e. The molecule has 0 unspecified atom stereocenters. The number of para-hydroxylation sites is 1. The van der Waals surface area contributed by atoms with Crippen molar-refractivity contribution in [1.29, 1.82) is 0 Å². The van der Waals surface area contributed by atoms with Gasteiger partial charge in [0, 0.05) is 17.9 Å². The molecular weight excluding hydrogens is 234 g/mol. The van der Waals surface area contributed by atoms with Crippen LogP contribution in [0.5, 0.6) is 0 Å². The van der Waals surface area contributed by atoms with Gasteiger partial charge in [-0.05, 0) is 31.4 Å². The van der Waals surface area contributed by atoms with Crippen molar-refractivity contribution in [3.63, 3.8) is 0 Å². The summed E-state index contributed by atoms with van der Waals surface area (Å²) in [6, 6.07) is 7.59. The average molecular weight is 248 g/mol. The first-order valence-electron chi connectivity index (χ1n) is 5.68. The minimum absolute atomic E-state index is 0.624. The molecule has 2 aromatic rings. The van der Waals surface area contributed by atoms with E-state index in [0.717, 1.165) is 31.2 Å². The van der Waals surface area contributed by atoms with Crippen molar-refractivity contribution in [3.8, 4) is 11.8 Å². The molecule has 0 saturated heterocycles. The van der Waals surface area contributed by atoms with E-state index >= 15 is 0 Å². The van der Waals surface area contributed by atoms with Crippen LogP contribution in [0.1, 0.15) is 25.0 Å². The molecule has 0 fully saturated rings. The predicted octanol–water partition coefficient (Wildman–Crippen LogP) is 3.57. The van der Waals surface area contributed by atoms with Crippen molar-refractivity contribution >= 4 is 22.6 Å². The Morgan fingerprint density at radius 1 is 1.29 bits per heavy atom. The van der Waals surface area contributed by atoms with E-state index in [1.807, 2.05) is 24.3 Å².